The van der Waals surface area contributed by atoms with Crippen LogP contribution in [0.15, 0.2) is 48.5 Å². The highest BCUT2D eigenvalue weighted by Crippen LogP contribution is 2.44. The van der Waals surface area contributed by atoms with Crippen LogP contribution in [0.5, 0.6) is 5.75 Å². The zero-order chi connectivity index (χ0) is 20.6. The zero-order valence-electron chi connectivity index (χ0n) is 15.7. The number of piperidine rings is 1. The van der Waals surface area contributed by atoms with Gasteiger partial charge in [-0.25, -0.2) is 0 Å². The summed E-state index contributed by atoms with van der Waals surface area (Å²) in [5, 5.41) is 0. The maximum Gasteiger partial charge on any atom is 0.534 e. The minimum atomic E-state index is -5.68. The Labute approximate surface area is 168 Å². The molecule has 0 spiro atoms. The summed E-state index contributed by atoms with van der Waals surface area (Å²) in [5.74, 6) is -0.0354. The molecular formula is C21H22F3NO3S. The normalized spacial score (nSPS) is 22.6. The highest BCUT2D eigenvalue weighted by Gasteiger charge is 2.49. The Morgan fingerprint density at radius 1 is 1.03 bits per heavy atom. The van der Waals surface area contributed by atoms with Crippen molar-refractivity contribution < 1.29 is 25.8 Å². The van der Waals surface area contributed by atoms with E-state index in [1.165, 1.54) is 11.6 Å². The van der Waals surface area contributed by atoms with Crippen LogP contribution in [0.2, 0.25) is 0 Å². The van der Waals surface area contributed by atoms with E-state index in [1.54, 1.807) is 6.07 Å². The molecule has 0 N–H and O–H groups in total. The van der Waals surface area contributed by atoms with E-state index in [4.69, 9.17) is 0 Å². The highest BCUT2D eigenvalue weighted by molar-refractivity contribution is 7.88. The number of halogens is 3. The molecule has 0 unspecified atom stereocenters. The lowest BCUT2D eigenvalue weighted by Gasteiger charge is -2.45. The van der Waals surface area contributed by atoms with Gasteiger partial charge in [0.25, 0.3) is 0 Å². The Morgan fingerprint density at radius 2 is 1.79 bits per heavy atom. The van der Waals surface area contributed by atoms with E-state index in [0.29, 0.717) is 12.0 Å². The third-order valence-corrected chi connectivity index (χ3v) is 6.83. The summed E-state index contributed by atoms with van der Waals surface area (Å²) in [6.45, 7) is 1.81. The summed E-state index contributed by atoms with van der Waals surface area (Å²) in [6, 6.07) is 15.3. The number of benzene rings is 2. The number of alkyl halides is 3. The molecule has 29 heavy (non-hydrogen) atoms. The van der Waals surface area contributed by atoms with Crippen molar-refractivity contribution >= 4 is 10.1 Å². The monoisotopic (exact) mass is 425 g/mol. The topological polar surface area (TPSA) is 46.6 Å². The van der Waals surface area contributed by atoms with Gasteiger partial charge in [0.2, 0.25) is 0 Å². The second-order valence-electron chi connectivity index (χ2n) is 7.62. The summed E-state index contributed by atoms with van der Waals surface area (Å²) >= 11 is 0. The Morgan fingerprint density at radius 3 is 2.52 bits per heavy atom. The quantitative estimate of drug-likeness (QED) is 0.530. The van der Waals surface area contributed by atoms with Gasteiger partial charge < -0.3 is 4.18 Å². The van der Waals surface area contributed by atoms with Gasteiger partial charge >= 0.3 is 15.6 Å². The van der Waals surface area contributed by atoms with Gasteiger partial charge in [0, 0.05) is 12.6 Å². The van der Waals surface area contributed by atoms with E-state index in [0.717, 1.165) is 37.9 Å². The maximum atomic E-state index is 12.8. The fourth-order valence-corrected chi connectivity index (χ4v) is 5.11. The lowest BCUT2D eigenvalue weighted by Crippen LogP contribution is -2.45. The van der Waals surface area contributed by atoms with Crippen LogP contribution in [0, 0.1) is 0 Å². The van der Waals surface area contributed by atoms with Gasteiger partial charge in [-0.15, -0.1) is 0 Å². The minimum absolute atomic E-state index is 0.161. The van der Waals surface area contributed by atoms with Crippen LogP contribution in [0.1, 0.15) is 41.9 Å². The molecule has 8 heteroatoms. The van der Waals surface area contributed by atoms with Gasteiger partial charge in [-0.3, -0.25) is 4.90 Å². The van der Waals surface area contributed by atoms with Crippen LogP contribution < -0.4 is 4.18 Å². The fourth-order valence-electron chi connectivity index (χ4n) is 4.62. The Hall–Kier alpha value is -2.06. The van der Waals surface area contributed by atoms with Crippen LogP contribution in [0.3, 0.4) is 0 Å². The average molecular weight is 425 g/mol. The summed E-state index contributed by atoms with van der Waals surface area (Å²) in [4.78, 5) is 2.44. The Kier molecular flexibility index (Phi) is 5.33. The molecule has 4 nitrogen and oxygen atoms in total. The van der Waals surface area contributed by atoms with E-state index < -0.39 is 15.6 Å². The molecule has 1 heterocycles. The molecule has 1 fully saturated rings. The molecule has 0 aromatic heterocycles. The van der Waals surface area contributed by atoms with E-state index in [-0.39, 0.29) is 17.7 Å². The van der Waals surface area contributed by atoms with Crippen molar-refractivity contribution in [3.63, 3.8) is 0 Å². The molecule has 1 aliphatic carbocycles. The van der Waals surface area contributed by atoms with Crippen molar-refractivity contribution in [2.45, 2.75) is 49.7 Å². The maximum absolute atomic E-state index is 12.8. The Balaban J connectivity index is 1.60. The third-order valence-electron chi connectivity index (χ3n) is 5.86. The number of hydrogen-bond donors (Lipinski definition) is 0. The molecule has 0 amide bonds. The van der Waals surface area contributed by atoms with Gasteiger partial charge in [-0.2, -0.15) is 21.6 Å². The number of fused-ring (bicyclic) bond motifs is 3. The molecular weight excluding hydrogens is 403 g/mol. The van der Waals surface area contributed by atoms with Crippen molar-refractivity contribution in [2.24, 2.45) is 0 Å². The molecule has 0 bridgehead atoms. The first-order chi connectivity index (χ1) is 13.8. The molecule has 1 saturated heterocycles. The fraction of sp³-hybridized carbons (Fsp3) is 0.429. The molecule has 0 radical (unpaired) electrons. The first kappa shape index (κ1) is 20.2. The lowest BCUT2D eigenvalue weighted by molar-refractivity contribution is -0.0500. The Bertz CT molecular complexity index is 976. The number of hydrogen-bond acceptors (Lipinski definition) is 4. The predicted molar refractivity (Wildman–Crippen MR) is 103 cm³/mol. The second-order valence-corrected chi connectivity index (χ2v) is 9.16. The number of nitrogens with zero attached hydrogens (tertiary/aromatic N) is 1. The van der Waals surface area contributed by atoms with Crippen molar-refractivity contribution in [2.75, 3.05) is 6.54 Å². The average Bonchev–Trinajstić information content (AvgIpc) is 2.68. The van der Waals surface area contributed by atoms with Crippen LogP contribution in [0.4, 0.5) is 13.2 Å². The summed E-state index contributed by atoms with van der Waals surface area (Å²) in [5.41, 5.74) is -2.71. The van der Waals surface area contributed by atoms with Gasteiger partial charge in [-0.05, 0) is 60.9 Å². The van der Waals surface area contributed by atoms with Crippen molar-refractivity contribution in [3.8, 4) is 5.75 Å². The van der Waals surface area contributed by atoms with Gasteiger partial charge in [0.05, 0.1) is 0 Å². The molecule has 4 rings (SSSR count). The van der Waals surface area contributed by atoms with E-state index >= 15 is 0 Å². The SMILES string of the molecule is O=S(=O)(Oc1cccc2c1CC[C@H]1[C@H]2CCCN1Cc1ccccc1)C(F)(F)F. The van der Waals surface area contributed by atoms with Crippen LogP contribution in [-0.4, -0.2) is 31.4 Å². The minimum Gasteiger partial charge on any atom is -0.376 e. The summed E-state index contributed by atoms with van der Waals surface area (Å²) < 4.78 is 65.8. The van der Waals surface area contributed by atoms with E-state index in [1.807, 2.05) is 24.3 Å². The lowest BCUT2D eigenvalue weighted by atomic mass is 9.74. The standard InChI is InChI=1S/C21H22F3NO3S/c22-21(23,24)29(26,27)28-20-10-4-8-16-17-9-5-13-25(19(17)12-11-18(16)20)14-15-6-2-1-3-7-15/h1-4,6-8,10,17,19H,5,9,11-14H2/t17-,19-/m0/s1. The van der Waals surface area contributed by atoms with Gasteiger partial charge in [-0.1, -0.05) is 42.5 Å². The molecule has 1 aliphatic heterocycles. The molecule has 156 valence electrons. The predicted octanol–water partition coefficient (Wildman–Crippen LogP) is 4.61. The summed E-state index contributed by atoms with van der Waals surface area (Å²) in [7, 11) is -5.68. The van der Waals surface area contributed by atoms with E-state index in [2.05, 4.69) is 21.2 Å². The van der Waals surface area contributed by atoms with Crippen LogP contribution in [0.25, 0.3) is 0 Å². The highest BCUT2D eigenvalue weighted by atomic mass is 32.2. The second kappa shape index (κ2) is 7.65. The molecule has 0 saturated carbocycles. The molecule has 2 aliphatic rings. The van der Waals surface area contributed by atoms with Gasteiger partial charge in [0.1, 0.15) is 5.75 Å². The number of rotatable bonds is 4. The van der Waals surface area contributed by atoms with Crippen LogP contribution >= 0.6 is 0 Å². The van der Waals surface area contributed by atoms with E-state index in [9.17, 15) is 21.6 Å². The van der Waals surface area contributed by atoms with Crippen molar-refractivity contribution in [3.05, 3.63) is 65.2 Å². The first-order valence-electron chi connectivity index (χ1n) is 9.67. The molecule has 2 atom stereocenters. The largest absolute Gasteiger partial charge is 0.534 e. The zero-order valence-corrected chi connectivity index (χ0v) is 16.5. The summed E-state index contributed by atoms with van der Waals surface area (Å²) in [6.07, 6.45) is 3.17. The third kappa shape index (κ3) is 4.00. The van der Waals surface area contributed by atoms with Crippen molar-refractivity contribution in [1.82, 2.24) is 4.90 Å². The first-order valence-corrected chi connectivity index (χ1v) is 11.1. The number of likely N-dealkylation sites (tertiary alicyclic amines) is 1. The molecule has 2 aromatic rings. The van der Waals surface area contributed by atoms with Gasteiger partial charge in [0.15, 0.2) is 0 Å². The van der Waals surface area contributed by atoms with Crippen LogP contribution in [-0.2, 0) is 23.1 Å². The van der Waals surface area contributed by atoms with Crippen molar-refractivity contribution in [1.29, 1.82) is 0 Å². The smallest absolute Gasteiger partial charge is 0.376 e. The molecule has 2 aromatic carbocycles.